The summed E-state index contributed by atoms with van der Waals surface area (Å²) < 4.78 is 1.94. The number of aromatic nitrogens is 2. The molecule has 3 heterocycles. The number of hydrogen-bond acceptors (Lipinski definition) is 3. The zero-order valence-electron chi connectivity index (χ0n) is 15.1. The van der Waals surface area contributed by atoms with Crippen LogP contribution in [0.15, 0.2) is 24.3 Å². The Morgan fingerprint density at radius 3 is 2.42 bits per heavy atom. The fourth-order valence-electron chi connectivity index (χ4n) is 3.78. The number of amides is 2. The molecule has 2 aromatic rings. The van der Waals surface area contributed by atoms with Crippen LogP contribution in [0, 0.1) is 6.92 Å². The molecule has 6 nitrogen and oxygen atoms in total. The molecule has 2 aliphatic heterocycles. The van der Waals surface area contributed by atoms with E-state index in [-0.39, 0.29) is 11.8 Å². The maximum absolute atomic E-state index is 12.9. The summed E-state index contributed by atoms with van der Waals surface area (Å²) in [5.74, 6) is 0.0721. The molecule has 0 bridgehead atoms. The second-order valence-electron chi connectivity index (χ2n) is 7.16. The highest BCUT2D eigenvalue weighted by Gasteiger charge is 2.30. The third kappa shape index (κ3) is 3.11. The Morgan fingerprint density at radius 1 is 1.00 bits per heavy atom. The number of likely N-dealkylation sites (tertiary alicyclic amines) is 1. The molecule has 2 amide bonds. The van der Waals surface area contributed by atoms with Gasteiger partial charge in [0, 0.05) is 25.3 Å². The van der Waals surface area contributed by atoms with Gasteiger partial charge in [0.15, 0.2) is 5.82 Å². The minimum absolute atomic E-state index is 0.0254. The SMILES string of the molecule is Cc1ccc(NC(=O)c2nc(C(=O)N3CCCC3)c3n2CCCC3)cc1. The summed E-state index contributed by atoms with van der Waals surface area (Å²) >= 11 is 0. The first-order valence-electron chi connectivity index (χ1n) is 9.40. The van der Waals surface area contributed by atoms with Crippen molar-refractivity contribution in [3.05, 3.63) is 47.0 Å². The molecule has 1 aromatic heterocycles. The van der Waals surface area contributed by atoms with Crippen molar-refractivity contribution in [2.24, 2.45) is 0 Å². The number of imidazole rings is 1. The minimum Gasteiger partial charge on any atom is -0.337 e. The molecule has 1 fully saturated rings. The predicted molar refractivity (Wildman–Crippen MR) is 99.4 cm³/mol. The van der Waals surface area contributed by atoms with Crippen LogP contribution in [0.2, 0.25) is 0 Å². The van der Waals surface area contributed by atoms with Gasteiger partial charge in [-0.15, -0.1) is 0 Å². The van der Waals surface area contributed by atoms with Crippen molar-refractivity contribution in [3.8, 4) is 0 Å². The Morgan fingerprint density at radius 2 is 1.69 bits per heavy atom. The van der Waals surface area contributed by atoms with Crippen LogP contribution in [-0.2, 0) is 13.0 Å². The molecule has 0 atom stereocenters. The number of nitrogens with zero attached hydrogens (tertiary/aromatic N) is 3. The van der Waals surface area contributed by atoms with Crippen LogP contribution in [0.1, 0.15) is 58.0 Å². The fraction of sp³-hybridized carbons (Fsp3) is 0.450. The maximum atomic E-state index is 12.9. The van der Waals surface area contributed by atoms with Crippen molar-refractivity contribution in [1.82, 2.24) is 14.5 Å². The molecule has 136 valence electrons. The van der Waals surface area contributed by atoms with Gasteiger partial charge in [-0.3, -0.25) is 9.59 Å². The Hall–Kier alpha value is -2.63. The van der Waals surface area contributed by atoms with Gasteiger partial charge in [-0.05, 0) is 51.2 Å². The summed E-state index contributed by atoms with van der Waals surface area (Å²) in [6, 6.07) is 7.67. The van der Waals surface area contributed by atoms with E-state index in [1.807, 2.05) is 40.7 Å². The fourth-order valence-corrected chi connectivity index (χ4v) is 3.78. The molecular formula is C20H24N4O2. The third-order valence-electron chi connectivity index (χ3n) is 5.23. The van der Waals surface area contributed by atoms with Crippen LogP contribution in [0.3, 0.4) is 0 Å². The topological polar surface area (TPSA) is 67.2 Å². The molecule has 26 heavy (non-hydrogen) atoms. The quantitative estimate of drug-likeness (QED) is 0.923. The predicted octanol–water partition coefficient (Wildman–Crippen LogP) is 3.02. The second-order valence-corrected chi connectivity index (χ2v) is 7.16. The molecular weight excluding hydrogens is 328 g/mol. The number of nitrogens with one attached hydrogen (secondary N) is 1. The largest absolute Gasteiger partial charge is 0.337 e. The van der Waals surface area contributed by atoms with Crippen LogP contribution >= 0.6 is 0 Å². The highest BCUT2D eigenvalue weighted by atomic mass is 16.2. The first-order valence-corrected chi connectivity index (χ1v) is 9.40. The summed E-state index contributed by atoms with van der Waals surface area (Å²) in [6.45, 7) is 4.32. The highest BCUT2D eigenvalue weighted by molar-refractivity contribution is 6.03. The van der Waals surface area contributed by atoms with Crippen LogP contribution in [-0.4, -0.2) is 39.4 Å². The molecule has 2 aliphatic rings. The standard InChI is InChI=1S/C20H24N4O2/c1-14-7-9-15(10-8-14)21-19(25)18-22-17(16-6-2-3-13-24(16)18)20(26)23-11-4-5-12-23/h7-10H,2-6,11-13H2,1H3,(H,21,25). The van der Waals surface area contributed by atoms with Crippen LogP contribution in [0.25, 0.3) is 0 Å². The molecule has 4 rings (SSSR count). The van der Waals surface area contributed by atoms with Crippen molar-refractivity contribution < 1.29 is 9.59 Å². The summed E-state index contributed by atoms with van der Waals surface area (Å²) in [5.41, 5.74) is 3.27. The monoisotopic (exact) mass is 352 g/mol. The van der Waals surface area contributed by atoms with Gasteiger partial charge >= 0.3 is 0 Å². The smallest absolute Gasteiger partial charge is 0.291 e. The van der Waals surface area contributed by atoms with Crippen LogP contribution in [0.4, 0.5) is 5.69 Å². The van der Waals surface area contributed by atoms with E-state index in [9.17, 15) is 9.59 Å². The van der Waals surface area contributed by atoms with Gasteiger partial charge in [-0.1, -0.05) is 17.7 Å². The molecule has 1 aromatic carbocycles. The summed E-state index contributed by atoms with van der Waals surface area (Å²) in [6.07, 6.45) is 4.93. The molecule has 1 saturated heterocycles. The van der Waals surface area contributed by atoms with E-state index in [0.29, 0.717) is 11.5 Å². The van der Waals surface area contributed by atoms with Crippen LogP contribution in [0.5, 0.6) is 0 Å². The lowest BCUT2D eigenvalue weighted by molar-refractivity contribution is 0.0786. The summed E-state index contributed by atoms with van der Waals surface area (Å²) in [5, 5.41) is 2.91. The van der Waals surface area contributed by atoms with Crippen LogP contribution < -0.4 is 5.32 Å². The van der Waals surface area contributed by atoms with E-state index in [2.05, 4.69) is 10.3 Å². The number of rotatable bonds is 3. The first kappa shape index (κ1) is 16.8. The van der Waals surface area contributed by atoms with Gasteiger partial charge in [0.1, 0.15) is 5.69 Å². The molecule has 0 unspecified atom stereocenters. The minimum atomic E-state index is -0.252. The van der Waals surface area contributed by atoms with Gasteiger partial charge in [0.25, 0.3) is 11.8 Å². The number of carbonyl (C=O) groups excluding carboxylic acids is 2. The Labute approximate surface area is 153 Å². The van der Waals surface area contributed by atoms with Gasteiger partial charge in [0.05, 0.1) is 5.69 Å². The Kier molecular flexibility index (Phi) is 4.49. The number of carbonyl (C=O) groups is 2. The molecule has 6 heteroatoms. The van der Waals surface area contributed by atoms with Crippen molar-refractivity contribution in [2.75, 3.05) is 18.4 Å². The van der Waals surface area contributed by atoms with E-state index in [1.54, 1.807) is 0 Å². The number of hydrogen-bond donors (Lipinski definition) is 1. The van der Waals surface area contributed by atoms with E-state index in [4.69, 9.17) is 0 Å². The number of fused-ring (bicyclic) bond motifs is 1. The average Bonchev–Trinajstić information content (AvgIpc) is 3.31. The Bertz CT molecular complexity index is 832. The maximum Gasteiger partial charge on any atom is 0.291 e. The zero-order chi connectivity index (χ0) is 18.1. The first-order chi connectivity index (χ1) is 12.6. The molecule has 0 spiro atoms. The highest BCUT2D eigenvalue weighted by Crippen LogP contribution is 2.24. The number of aryl methyl sites for hydroxylation is 1. The molecule has 0 radical (unpaired) electrons. The van der Waals surface area contributed by atoms with Gasteiger partial charge in [-0.25, -0.2) is 4.98 Å². The summed E-state index contributed by atoms with van der Waals surface area (Å²) in [4.78, 5) is 32.0. The second kappa shape index (κ2) is 6.94. The van der Waals surface area contributed by atoms with E-state index >= 15 is 0 Å². The molecule has 0 saturated carbocycles. The number of benzene rings is 1. The van der Waals surface area contributed by atoms with Crippen molar-refractivity contribution in [1.29, 1.82) is 0 Å². The lowest BCUT2D eigenvalue weighted by Crippen LogP contribution is -2.29. The molecule has 1 N–H and O–H groups in total. The van der Waals surface area contributed by atoms with E-state index in [1.165, 1.54) is 0 Å². The van der Waals surface area contributed by atoms with Gasteiger partial charge in [0.2, 0.25) is 0 Å². The lowest BCUT2D eigenvalue weighted by atomic mass is 10.1. The van der Waals surface area contributed by atoms with Gasteiger partial charge in [-0.2, -0.15) is 0 Å². The normalized spacial score (nSPS) is 16.4. The van der Waals surface area contributed by atoms with Crippen molar-refractivity contribution in [3.63, 3.8) is 0 Å². The van der Waals surface area contributed by atoms with E-state index < -0.39 is 0 Å². The lowest BCUT2D eigenvalue weighted by Gasteiger charge is -2.18. The average molecular weight is 352 g/mol. The Balaban J connectivity index is 1.64. The van der Waals surface area contributed by atoms with Gasteiger partial charge < -0.3 is 14.8 Å². The van der Waals surface area contributed by atoms with Crippen molar-refractivity contribution in [2.45, 2.75) is 45.6 Å². The van der Waals surface area contributed by atoms with E-state index in [0.717, 1.165) is 68.7 Å². The van der Waals surface area contributed by atoms with Crippen molar-refractivity contribution >= 4 is 17.5 Å². The number of anilines is 1. The molecule has 0 aliphatic carbocycles. The zero-order valence-corrected chi connectivity index (χ0v) is 15.1. The third-order valence-corrected chi connectivity index (χ3v) is 5.23. The summed E-state index contributed by atoms with van der Waals surface area (Å²) in [7, 11) is 0.